The molecule has 2 nitrogen and oxygen atoms in total. The molecule has 0 atom stereocenters. The van der Waals surface area contributed by atoms with E-state index in [1.807, 2.05) is 12.1 Å². The monoisotopic (exact) mass is 274 g/mol. The molecule has 0 unspecified atom stereocenters. The topological polar surface area (TPSA) is 26.3 Å². The molecule has 17 heavy (non-hydrogen) atoms. The fourth-order valence-corrected chi connectivity index (χ4v) is 1.30. The van der Waals surface area contributed by atoms with E-state index in [1.54, 1.807) is 12.1 Å². The van der Waals surface area contributed by atoms with Crippen LogP contribution in [-0.4, -0.2) is 10.3 Å². The average molecular weight is 275 g/mol. The fraction of sp³-hybridized carbons (Fsp3) is 0.462. The van der Waals surface area contributed by atoms with Crippen LogP contribution in [0, 0.1) is 0 Å². The summed E-state index contributed by atoms with van der Waals surface area (Å²) in [6.45, 7) is 7.72. The number of hydrogen-bond donors (Lipinski definition) is 0. The number of alkyl halides is 2. The molecule has 0 aliphatic rings. The molecule has 0 heterocycles. The van der Waals surface area contributed by atoms with E-state index in [0.29, 0.717) is 5.75 Å². The van der Waals surface area contributed by atoms with Crippen LogP contribution in [-0.2, 0) is 10.2 Å². The molecule has 0 spiro atoms. The molecule has 1 aromatic carbocycles. The lowest BCUT2D eigenvalue weighted by atomic mass is 9.87. The Kier molecular flexibility index (Phi) is 4.11. The Morgan fingerprint density at radius 2 is 1.53 bits per heavy atom. The van der Waals surface area contributed by atoms with Gasteiger partial charge in [-0.1, -0.05) is 56.1 Å². The maximum absolute atomic E-state index is 11.4. The largest absolute Gasteiger partial charge is 0.424 e. The van der Waals surface area contributed by atoms with Crippen molar-refractivity contribution in [3.63, 3.8) is 0 Å². The van der Waals surface area contributed by atoms with Crippen molar-refractivity contribution in [2.75, 3.05) is 0 Å². The van der Waals surface area contributed by atoms with E-state index in [-0.39, 0.29) is 5.41 Å². The summed E-state index contributed by atoms with van der Waals surface area (Å²) < 4.78 is 3.52. The molecule has 0 N–H and O–H groups in total. The number of hydrogen-bond acceptors (Lipinski definition) is 2. The van der Waals surface area contributed by atoms with E-state index < -0.39 is 10.3 Å². The van der Waals surface area contributed by atoms with Gasteiger partial charge in [0.2, 0.25) is 4.33 Å². The van der Waals surface area contributed by atoms with Crippen molar-refractivity contribution in [1.82, 2.24) is 0 Å². The lowest BCUT2D eigenvalue weighted by molar-refractivity contribution is -0.134. The van der Waals surface area contributed by atoms with Gasteiger partial charge in [0.25, 0.3) is 0 Å². The highest BCUT2D eigenvalue weighted by molar-refractivity contribution is 6.57. The molecule has 0 saturated heterocycles. The third kappa shape index (κ3) is 4.21. The quantitative estimate of drug-likeness (QED) is 0.462. The van der Waals surface area contributed by atoms with E-state index >= 15 is 0 Å². The standard InChI is InChI=1S/C13H16Cl2O2/c1-12(2,3)9-5-7-10(8-6-9)17-11(16)13(4,14)15/h5-8H,1-4H3. The molecule has 0 amide bonds. The van der Waals surface area contributed by atoms with Gasteiger partial charge in [-0.2, -0.15) is 0 Å². The van der Waals surface area contributed by atoms with E-state index in [0.717, 1.165) is 5.56 Å². The molecule has 0 radical (unpaired) electrons. The molecule has 1 aromatic rings. The first-order valence-electron chi connectivity index (χ1n) is 5.31. The molecule has 0 aromatic heterocycles. The second kappa shape index (κ2) is 4.87. The van der Waals surface area contributed by atoms with Crippen LogP contribution in [0.5, 0.6) is 5.75 Å². The van der Waals surface area contributed by atoms with Gasteiger partial charge in [-0.3, -0.25) is 0 Å². The van der Waals surface area contributed by atoms with Crippen LogP contribution in [0.25, 0.3) is 0 Å². The maximum Gasteiger partial charge on any atom is 0.347 e. The predicted molar refractivity (Wildman–Crippen MR) is 70.9 cm³/mol. The van der Waals surface area contributed by atoms with Crippen molar-refractivity contribution in [2.45, 2.75) is 37.4 Å². The molecule has 4 heteroatoms. The summed E-state index contributed by atoms with van der Waals surface area (Å²) >= 11 is 11.3. The minimum absolute atomic E-state index is 0.0655. The smallest absolute Gasteiger partial charge is 0.347 e. The molecule has 0 bridgehead atoms. The number of ether oxygens (including phenoxy) is 1. The fourth-order valence-electron chi connectivity index (χ4n) is 1.22. The van der Waals surface area contributed by atoms with E-state index in [2.05, 4.69) is 20.8 Å². The van der Waals surface area contributed by atoms with Crippen LogP contribution in [0.3, 0.4) is 0 Å². The zero-order valence-electron chi connectivity index (χ0n) is 10.4. The first-order chi connectivity index (χ1) is 7.60. The third-order valence-corrected chi connectivity index (χ3v) is 2.60. The molecular weight excluding hydrogens is 259 g/mol. The molecule has 0 fully saturated rings. The number of halogens is 2. The molecule has 0 saturated carbocycles. The second-order valence-corrected chi connectivity index (χ2v) is 6.76. The van der Waals surface area contributed by atoms with Crippen molar-refractivity contribution >= 4 is 29.2 Å². The van der Waals surface area contributed by atoms with Gasteiger partial charge in [-0.05, 0) is 30.0 Å². The van der Waals surface area contributed by atoms with Crippen molar-refractivity contribution in [2.24, 2.45) is 0 Å². The van der Waals surface area contributed by atoms with Gasteiger partial charge in [0.1, 0.15) is 5.75 Å². The third-order valence-electron chi connectivity index (χ3n) is 2.29. The van der Waals surface area contributed by atoms with Crippen LogP contribution in [0.15, 0.2) is 24.3 Å². The number of esters is 1. The van der Waals surface area contributed by atoms with Gasteiger partial charge in [0.15, 0.2) is 0 Å². The van der Waals surface area contributed by atoms with E-state index in [4.69, 9.17) is 27.9 Å². The summed E-state index contributed by atoms with van der Waals surface area (Å²) in [5.41, 5.74) is 1.23. The van der Waals surface area contributed by atoms with Gasteiger partial charge in [-0.25, -0.2) is 4.79 Å². The highest BCUT2D eigenvalue weighted by atomic mass is 35.5. The van der Waals surface area contributed by atoms with Gasteiger partial charge in [-0.15, -0.1) is 0 Å². The van der Waals surface area contributed by atoms with E-state index in [9.17, 15) is 4.79 Å². The van der Waals surface area contributed by atoms with Crippen molar-refractivity contribution in [1.29, 1.82) is 0 Å². The van der Waals surface area contributed by atoms with Crippen molar-refractivity contribution in [3.8, 4) is 5.75 Å². The lowest BCUT2D eigenvalue weighted by Gasteiger charge is -2.19. The summed E-state index contributed by atoms with van der Waals surface area (Å²) in [5, 5.41) is 0. The summed E-state index contributed by atoms with van der Waals surface area (Å²) in [5.74, 6) is -0.236. The summed E-state index contributed by atoms with van der Waals surface area (Å²) in [6.07, 6.45) is 0. The lowest BCUT2D eigenvalue weighted by Crippen LogP contribution is -2.27. The Bertz CT molecular complexity index is 397. The van der Waals surface area contributed by atoms with Crippen LogP contribution in [0.4, 0.5) is 0 Å². The SMILES string of the molecule is CC(Cl)(Cl)C(=O)Oc1ccc(C(C)(C)C)cc1. The van der Waals surface area contributed by atoms with Crippen molar-refractivity contribution in [3.05, 3.63) is 29.8 Å². The summed E-state index contributed by atoms with van der Waals surface area (Å²) in [7, 11) is 0. The Hall–Kier alpha value is -0.730. The zero-order valence-corrected chi connectivity index (χ0v) is 11.9. The Morgan fingerprint density at radius 1 is 1.06 bits per heavy atom. The first-order valence-corrected chi connectivity index (χ1v) is 6.07. The minimum atomic E-state index is -1.53. The van der Waals surface area contributed by atoms with E-state index in [1.165, 1.54) is 6.92 Å². The molecule has 94 valence electrons. The van der Waals surface area contributed by atoms with Crippen LogP contribution >= 0.6 is 23.2 Å². The van der Waals surface area contributed by atoms with Crippen LogP contribution < -0.4 is 4.74 Å². The van der Waals surface area contributed by atoms with Gasteiger partial charge < -0.3 is 4.74 Å². The molecular formula is C13H16Cl2O2. The second-order valence-electron chi connectivity index (χ2n) is 5.05. The number of carbonyl (C=O) groups is 1. The predicted octanol–water partition coefficient (Wildman–Crippen LogP) is 4.08. The highest BCUT2D eigenvalue weighted by Gasteiger charge is 2.29. The van der Waals surface area contributed by atoms with Crippen molar-refractivity contribution < 1.29 is 9.53 Å². The Balaban J connectivity index is 2.80. The molecule has 0 aliphatic carbocycles. The molecule has 1 rings (SSSR count). The Morgan fingerprint density at radius 3 is 1.88 bits per heavy atom. The number of rotatable bonds is 2. The average Bonchev–Trinajstić information content (AvgIpc) is 2.15. The summed E-state index contributed by atoms with van der Waals surface area (Å²) in [6, 6.07) is 7.31. The Labute approximate surface area is 112 Å². The maximum atomic E-state index is 11.4. The zero-order chi connectivity index (χ0) is 13.3. The summed E-state index contributed by atoms with van der Waals surface area (Å²) in [4.78, 5) is 11.4. The first kappa shape index (κ1) is 14.3. The highest BCUT2D eigenvalue weighted by Crippen LogP contribution is 2.26. The minimum Gasteiger partial charge on any atom is -0.424 e. The van der Waals surface area contributed by atoms with Gasteiger partial charge >= 0.3 is 5.97 Å². The van der Waals surface area contributed by atoms with Gasteiger partial charge in [0, 0.05) is 0 Å². The normalized spacial score (nSPS) is 12.4. The number of carbonyl (C=O) groups excluding carboxylic acids is 1. The van der Waals surface area contributed by atoms with Gasteiger partial charge in [0.05, 0.1) is 0 Å². The molecule has 0 aliphatic heterocycles. The van der Waals surface area contributed by atoms with Crippen LogP contribution in [0.1, 0.15) is 33.3 Å². The van der Waals surface area contributed by atoms with Crippen LogP contribution in [0.2, 0.25) is 0 Å². The number of benzene rings is 1.